The van der Waals surface area contributed by atoms with Crippen LogP contribution in [0.2, 0.25) is 0 Å². The topological polar surface area (TPSA) is 64.7 Å². The molecule has 74 valence electrons. The van der Waals surface area contributed by atoms with E-state index in [1.807, 2.05) is 19.2 Å². The molecule has 2 N–H and O–H groups in total. The van der Waals surface area contributed by atoms with Crippen molar-refractivity contribution in [2.45, 2.75) is 19.9 Å². The first-order chi connectivity index (χ1) is 6.68. The zero-order chi connectivity index (χ0) is 10.1. The summed E-state index contributed by atoms with van der Waals surface area (Å²) in [5.41, 5.74) is 7.96. The van der Waals surface area contributed by atoms with Crippen molar-refractivity contribution >= 4 is 22.9 Å². The second-order valence-corrected chi connectivity index (χ2v) is 4.70. The zero-order valence-electron chi connectivity index (χ0n) is 7.89. The molecule has 2 heterocycles. The third-order valence-electron chi connectivity index (χ3n) is 1.87. The number of nitrogens with two attached hydrogens (primary N) is 1. The number of hydrogen-bond donors (Lipinski definition) is 1. The van der Waals surface area contributed by atoms with Crippen molar-refractivity contribution in [1.29, 1.82) is 0 Å². The number of aryl methyl sites for hydroxylation is 2. The summed E-state index contributed by atoms with van der Waals surface area (Å²) in [6.45, 7) is 3.88. The van der Waals surface area contributed by atoms with Gasteiger partial charge in [-0.3, -0.25) is 0 Å². The Bertz CT molecular complexity index is 434. The van der Waals surface area contributed by atoms with Crippen LogP contribution in [-0.2, 0) is 0 Å². The Morgan fingerprint density at radius 1 is 1.43 bits per heavy atom. The second kappa shape index (κ2) is 3.72. The Balaban J connectivity index is 2.33. The first-order valence-corrected chi connectivity index (χ1v) is 5.80. The normalized spacial score (nSPS) is 13.1. The Morgan fingerprint density at radius 3 is 2.71 bits per heavy atom. The predicted octanol–water partition coefficient (Wildman–Crippen LogP) is 1.66. The van der Waals surface area contributed by atoms with Gasteiger partial charge < -0.3 is 5.73 Å². The van der Waals surface area contributed by atoms with Gasteiger partial charge in [0.15, 0.2) is 0 Å². The average molecular weight is 226 g/mol. The smallest absolute Gasteiger partial charge is 0.115 e. The highest BCUT2D eigenvalue weighted by Crippen LogP contribution is 2.26. The molecule has 0 aliphatic rings. The van der Waals surface area contributed by atoms with Crippen LogP contribution >= 0.6 is 22.9 Å². The molecule has 0 aliphatic carbocycles. The van der Waals surface area contributed by atoms with Gasteiger partial charge >= 0.3 is 0 Å². The van der Waals surface area contributed by atoms with Crippen LogP contribution in [0, 0.1) is 13.8 Å². The fourth-order valence-electron chi connectivity index (χ4n) is 1.15. The maximum Gasteiger partial charge on any atom is 0.115 e. The summed E-state index contributed by atoms with van der Waals surface area (Å²) in [7, 11) is 0. The largest absolute Gasteiger partial charge is 0.318 e. The van der Waals surface area contributed by atoms with E-state index in [0.29, 0.717) is 0 Å². The monoisotopic (exact) mass is 226 g/mol. The van der Waals surface area contributed by atoms with Crippen molar-refractivity contribution in [3.63, 3.8) is 0 Å². The molecule has 1 unspecified atom stereocenters. The van der Waals surface area contributed by atoms with Crippen LogP contribution in [0.25, 0.3) is 0 Å². The van der Waals surface area contributed by atoms with Crippen LogP contribution in [0.15, 0.2) is 5.38 Å². The van der Waals surface area contributed by atoms with Gasteiger partial charge in [0.25, 0.3) is 0 Å². The van der Waals surface area contributed by atoms with Crippen molar-refractivity contribution in [2.24, 2.45) is 5.73 Å². The van der Waals surface area contributed by atoms with E-state index >= 15 is 0 Å². The van der Waals surface area contributed by atoms with Crippen molar-refractivity contribution in [3.05, 3.63) is 26.7 Å². The molecule has 0 amide bonds. The fraction of sp³-hybridized carbons (Fsp3) is 0.375. The summed E-state index contributed by atoms with van der Waals surface area (Å²) in [5.74, 6) is 0. The molecule has 0 bridgehead atoms. The van der Waals surface area contributed by atoms with Crippen LogP contribution in [0.5, 0.6) is 0 Å². The second-order valence-electron chi connectivity index (χ2n) is 3.03. The number of hydrogen-bond acceptors (Lipinski definition) is 6. The summed E-state index contributed by atoms with van der Waals surface area (Å²) in [4.78, 5) is 5.35. The van der Waals surface area contributed by atoms with Crippen molar-refractivity contribution < 1.29 is 0 Å². The molecule has 1 atom stereocenters. The quantitative estimate of drug-likeness (QED) is 0.845. The highest BCUT2D eigenvalue weighted by atomic mass is 32.1. The standard InChI is InChI=1S/C8H10N4S2/c1-4-3-13-8(10-4)6(9)7-5(2)11-12-14-7/h3,6H,9H2,1-2H3. The van der Waals surface area contributed by atoms with E-state index in [1.54, 1.807) is 11.3 Å². The molecule has 0 saturated heterocycles. The van der Waals surface area contributed by atoms with Gasteiger partial charge in [-0.1, -0.05) is 4.49 Å². The first-order valence-electron chi connectivity index (χ1n) is 4.15. The van der Waals surface area contributed by atoms with Crippen LogP contribution in [0.3, 0.4) is 0 Å². The van der Waals surface area contributed by atoms with E-state index in [2.05, 4.69) is 14.6 Å². The highest BCUT2D eigenvalue weighted by Gasteiger charge is 2.17. The number of aromatic nitrogens is 3. The van der Waals surface area contributed by atoms with Gasteiger partial charge in [-0.15, -0.1) is 16.4 Å². The molecule has 0 aliphatic heterocycles. The predicted molar refractivity (Wildman–Crippen MR) is 57.5 cm³/mol. The molecular weight excluding hydrogens is 216 g/mol. The average Bonchev–Trinajstić information content (AvgIpc) is 2.73. The molecule has 0 saturated carbocycles. The van der Waals surface area contributed by atoms with E-state index < -0.39 is 0 Å². The number of nitrogens with zero attached hydrogens (tertiary/aromatic N) is 3. The van der Waals surface area contributed by atoms with E-state index in [-0.39, 0.29) is 6.04 Å². The Morgan fingerprint density at radius 2 is 2.21 bits per heavy atom. The van der Waals surface area contributed by atoms with E-state index in [4.69, 9.17) is 5.73 Å². The number of rotatable bonds is 2. The summed E-state index contributed by atoms with van der Waals surface area (Å²) < 4.78 is 3.86. The molecule has 14 heavy (non-hydrogen) atoms. The lowest BCUT2D eigenvalue weighted by Crippen LogP contribution is -2.11. The lowest BCUT2D eigenvalue weighted by Gasteiger charge is -2.04. The third-order valence-corrected chi connectivity index (χ3v) is 3.83. The van der Waals surface area contributed by atoms with Crippen LogP contribution in [-0.4, -0.2) is 14.6 Å². The minimum absolute atomic E-state index is 0.173. The molecular formula is C8H10N4S2. The summed E-state index contributed by atoms with van der Waals surface area (Å²) >= 11 is 2.92. The highest BCUT2D eigenvalue weighted by molar-refractivity contribution is 7.10. The molecule has 0 radical (unpaired) electrons. The summed E-state index contributed by atoms with van der Waals surface area (Å²) in [5, 5.41) is 6.86. The zero-order valence-corrected chi connectivity index (χ0v) is 9.52. The summed E-state index contributed by atoms with van der Waals surface area (Å²) in [6.07, 6.45) is 0. The lowest BCUT2D eigenvalue weighted by atomic mass is 10.2. The first kappa shape index (κ1) is 9.70. The van der Waals surface area contributed by atoms with Crippen LogP contribution in [0.1, 0.15) is 27.3 Å². The van der Waals surface area contributed by atoms with Gasteiger partial charge in [-0.05, 0) is 25.4 Å². The summed E-state index contributed by atoms with van der Waals surface area (Å²) in [6, 6.07) is -0.173. The van der Waals surface area contributed by atoms with E-state index in [9.17, 15) is 0 Å². The number of thiazole rings is 1. The van der Waals surface area contributed by atoms with Gasteiger partial charge in [0.05, 0.1) is 16.6 Å². The molecule has 2 rings (SSSR count). The maximum absolute atomic E-state index is 6.05. The molecule has 2 aromatic rings. The van der Waals surface area contributed by atoms with Gasteiger partial charge in [-0.2, -0.15) is 0 Å². The van der Waals surface area contributed by atoms with Crippen molar-refractivity contribution in [2.75, 3.05) is 0 Å². The molecule has 0 fully saturated rings. The van der Waals surface area contributed by atoms with Crippen LogP contribution < -0.4 is 5.73 Å². The molecule has 6 heteroatoms. The Hall–Kier alpha value is -0.850. The van der Waals surface area contributed by atoms with Crippen LogP contribution in [0.4, 0.5) is 0 Å². The van der Waals surface area contributed by atoms with Crippen molar-refractivity contribution in [1.82, 2.24) is 14.6 Å². The maximum atomic E-state index is 6.05. The molecule has 4 nitrogen and oxygen atoms in total. The molecule has 0 spiro atoms. The van der Waals surface area contributed by atoms with Gasteiger partial charge in [0, 0.05) is 11.1 Å². The molecule has 2 aromatic heterocycles. The van der Waals surface area contributed by atoms with E-state index in [0.717, 1.165) is 21.3 Å². The van der Waals surface area contributed by atoms with E-state index in [1.165, 1.54) is 11.5 Å². The Labute approximate surface area is 90.0 Å². The Kier molecular flexibility index (Phi) is 2.58. The lowest BCUT2D eigenvalue weighted by molar-refractivity contribution is 0.856. The van der Waals surface area contributed by atoms with Crippen molar-refractivity contribution in [3.8, 4) is 0 Å². The molecule has 0 aromatic carbocycles. The minimum Gasteiger partial charge on any atom is -0.318 e. The van der Waals surface area contributed by atoms with Gasteiger partial charge in [0.2, 0.25) is 0 Å². The minimum atomic E-state index is -0.173. The van der Waals surface area contributed by atoms with Gasteiger partial charge in [-0.25, -0.2) is 4.98 Å². The van der Waals surface area contributed by atoms with Gasteiger partial charge in [0.1, 0.15) is 5.01 Å². The fourth-order valence-corrected chi connectivity index (χ4v) is 2.68. The SMILES string of the molecule is Cc1csc(C(N)c2snnc2C)n1. The third kappa shape index (κ3) is 1.68.